The topological polar surface area (TPSA) is 66.5 Å². The van der Waals surface area contributed by atoms with E-state index in [2.05, 4.69) is 5.32 Å². The molecule has 0 radical (unpaired) electrons. The lowest BCUT2D eigenvalue weighted by Gasteiger charge is -2.27. The van der Waals surface area contributed by atoms with E-state index >= 15 is 0 Å². The summed E-state index contributed by atoms with van der Waals surface area (Å²) in [5, 5.41) is 2.92. The summed E-state index contributed by atoms with van der Waals surface area (Å²) in [5.41, 5.74) is 0.527. The molecule has 2 atom stereocenters. The Hall–Kier alpha value is -1.34. The van der Waals surface area contributed by atoms with Crippen molar-refractivity contribution in [3.63, 3.8) is 0 Å². The van der Waals surface area contributed by atoms with Crippen LogP contribution >= 0.6 is 11.6 Å². The van der Waals surface area contributed by atoms with Crippen LogP contribution in [-0.2, 0) is 14.6 Å². The standard InChI is InChI=1S/C14H18ClFN2O3S/c1-9(17-10-3-4-13(16)12(15)7-10)14(19)18(2)11-5-6-22(20,21)8-11/h3-4,7,9,11,17H,5-6,8H2,1-2H3/t9-,11+/m0/s1. The fourth-order valence-electron chi connectivity index (χ4n) is 2.46. The lowest BCUT2D eigenvalue weighted by Crippen LogP contribution is -2.45. The Balaban J connectivity index is 2.01. The highest BCUT2D eigenvalue weighted by molar-refractivity contribution is 7.91. The summed E-state index contributed by atoms with van der Waals surface area (Å²) >= 11 is 5.70. The van der Waals surface area contributed by atoms with E-state index in [0.29, 0.717) is 12.1 Å². The molecule has 0 aliphatic carbocycles. The first kappa shape index (κ1) is 17.0. The van der Waals surface area contributed by atoms with Gasteiger partial charge in [-0.3, -0.25) is 4.79 Å². The number of halogens is 2. The first-order chi connectivity index (χ1) is 10.2. The zero-order chi connectivity index (χ0) is 16.5. The van der Waals surface area contributed by atoms with Gasteiger partial charge in [0.15, 0.2) is 9.84 Å². The quantitative estimate of drug-likeness (QED) is 0.902. The van der Waals surface area contributed by atoms with E-state index in [1.165, 1.54) is 23.1 Å². The van der Waals surface area contributed by atoms with Gasteiger partial charge in [-0.05, 0) is 31.5 Å². The number of nitrogens with zero attached hydrogens (tertiary/aromatic N) is 1. The van der Waals surface area contributed by atoms with Crippen LogP contribution in [0, 0.1) is 5.82 Å². The minimum Gasteiger partial charge on any atom is -0.374 e. The van der Waals surface area contributed by atoms with Crippen LogP contribution in [0.15, 0.2) is 18.2 Å². The van der Waals surface area contributed by atoms with Crippen molar-refractivity contribution in [1.29, 1.82) is 0 Å². The van der Waals surface area contributed by atoms with E-state index in [0.717, 1.165) is 0 Å². The summed E-state index contributed by atoms with van der Waals surface area (Å²) in [6, 6.07) is 3.24. The van der Waals surface area contributed by atoms with Gasteiger partial charge >= 0.3 is 0 Å². The lowest BCUT2D eigenvalue weighted by molar-refractivity contribution is -0.132. The summed E-state index contributed by atoms with van der Waals surface area (Å²) in [6.07, 6.45) is 0.458. The summed E-state index contributed by atoms with van der Waals surface area (Å²) in [7, 11) is -1.44. The molecule has 0 unspecified atom stereocenters. The third-order valence-electron chi connectivity index (χ3n) is 3.78. The second-order valence-corrected chi connectivity index (χ2v) is 8.14. The molecular weight excluding hydrogens is 331 g/mol. The number of sulfone groups is 1. The van der Waals surface area contributed by atoms with Gasteiger partial charge in [-0.15, -0.1) is 0 Å². The van der Waals surface area contributed by atoms with Crippen molar-refractivity contribution < 1.29 is 17.6 Å². The number of benzene rings is 1. The number of amides is 1. The van der Waals surface area contributed by atoms with Gasteiger partial charge in [-0.2, -0.15) is 0 Å². The van der Waals surface area contributed by atoms with Crippen LogP contribution in [0.3, 0.4) is 0 Å². The van der Waals surface area contributed by atoms with Gasteiger partial charge in [0.1, 0.15) is 11.9 Å². The molecule has 1 aromatic rings. The summed E-state index contributed by atoms with van der Waals surface area (Å²) in [4.78, 5) is 13.8. The first-order valence-corrected chi connectivity index (χ1v) is 9.08. The summed E-state index contributed by atoms with van der Waals surface area (Å²) in [6.45, 7) is 1.67. The van der Waals surface area contributed by atoms with Crippen molar-refractivity contribution in [3.8, 4) is 0 Å². The highest BCUT2D eigenvalue weighted by Crippen LogP contribution is 2.21. The van der Waals surface area contributed by atoms with Gasteiger partial charge in [0.2, 0.25) is 5.91 Å². The van der Waals surface area contributed by atoms with Crippen molar-refractivity contribution in [2.75, 3.05) is 23.9 Å². The third kappa shape index (κ3) is 3.89. The molecule has 0 spiro atoms. The Morgan fingerprint density at radius 2 is 2.18 bits per heavy atom. The van der Waals surface area contributed by atoms with Gasteiger partial charge in [0.25, 0.3) is 0 Å². The van der Waals surface area contributed by atoms with Gasteiger partial charge in [0, 0.05) is 18.8 Å². The molecule has 1 saturated heterocycles. The van der Waals surface area contributed by atoms with Gasteiger partial charge in [0.05, 0.1) is 16.5 Å². The van der Waals surface area contributed by atoms with Crippen LogP contribution in [0.25, 0.3) is 0 Å². The van der Waals surface area contributed by atoms with Crippen LogP contribution in [-0.4, -0.2) is 49.9 Å². The molecule has 1 fully saturated rings. The zero-order valence-electron chi connectivity index (χ0n) is 12.3. The molecule has 1 N–H and O–H groups in total. The highest BCUT2D eigenvalue weighted by Gasteiger charge is 2.34. The molecule has 0 aromatic heterocycles. The van der Waals surface area contributed by atoms with E-state index in [4.69, 9.17) is 11.6 Å². The smallest absolute Gasteiger partial charge is 0.244 e. The maximum atomic E-state index is 13.1. The number of anilines is 1. The Labute approximate surface area is 134 Å². The van der Waals surface area contributed by atoms with Crippen molar-refractivity contribution in [1.82, 2.24) is 4.90 Å². The SMILES string of the molecule is C[C@H](Nc1ccc(F)c(Cl)c1)C(=O)N(C)[C@@H]1CCS(=O)(=O)C1. The second-order valence-electron chi connectivity index (χ2n) is 5.50. The second kappa shape index (κ2) is 6.42. The Morgan fingerprint density at radius 3 is 2.73 bits per heavy atom. The third-order valence-corrected chi connectivity index (χ3v) is 5.82. The van der Waals surface area contributed by atoms with E-state index in [1.807, 2.05) is 0 Å². The average molecular weight is 349 g/mol. The lowest BCUT2D eigenvalue weighted by atomic mass is 10.2. The minimum absolute atomic E-state index is 0.00430. The number of carbonyl (C=O) groups is 1. The first-order valence-electron chi connectivity index (χ1n) is 6.88. The monoisotopic (exact) mass is 348 g/mol. The predicted octanol–water partition coefficient (Wildman–Crippen LogP) is 1.92. The van der Waals surface area contributed by atoms with Crippen LogP contribution < -0.4 is 5.32 Å². The molecule has 22 heavy (non-hydrogen) atoms. The molecule has 2 rings (SSSR count). The number of rotatable bonds is 4. The van der Waals surface area contributed by atoms with Gasteiger partial charge in [-0.1, -0.05) is 11.6 Å². The van der Waals surface area contributed by atoms with E-state index in [1.54, 1.807) is 14.0 Å². The molecule has 0 saturated carbocycles. The number of carbonyl (C=O) groups excluding carboxylic acids is 1. The number of nitrogens with one attached hydrogen (secondary N) is 1. The van der Waals surface area contributed by atoms with Crippen LogP contribution in [0.4, 0.5) is 10.1 Å². The van der Waals surface area contributed by atoms with Crippen molar-refractivity contribution in [3.05, 3.63) is 29.0 Å². The fourth-order valence-corrected chi connectivity index (χ4v) is 4.42. The normalized spacial score (nSPS) is 21.4. The minimum atomic E-state index is -3.04. The molecule has 5 nitrogen and oxygen atoms in total. The van der Waals surface area contributed by atoms with Gasteiger partial charge in [-0.25, -0.2) is 12.8 Å². The van der Waals surface area contributed by atoms with E-state index in [-0.39, 0.29) is 28.5 Å². The average Bonchev–Trinajstić information content (AvgIpc) is 2.81. The van der Waals surface area contributed by atoms with Crippen molar-refractivity contribution in [2.24, 2.45) is 0 Å². The maximum absolute atomic E-state index is 13.1. The van der Waals surface area contributed by atoms with E-state index in [9.17, 15) is 17.6 Å². The van der Waals surface area contributed by atoms with Crippen LogP contribution in [0.5, 0.6) is 0 Å². The number of hydrogen-bond donors (Lipinski definition) is 1. The number of hydrogen-bond acceptors (Lipinski definition) is 4. The Bertz CT molecular complexity index is 681. The van der Waals surface area contributed by atoms with Gasteiger partial charge < -0.3 is 10.2 Å². The Kier molecular flexibility index (Phi) is 4.97. The molecule has 122 valence electrons. The largest absolute Gasteiger partial charge is 0.374 e. The van der Waals surface area contributed by atoms with Crippen LogP contribution in [0.2, 0.25) is 5.02 Å². The maximum Gasteiger partial charge on any atom is 0.244 e. The highest BCUT2D eigenvalue weighted by atomic mass is 35.5. The summed E-state index contributed by atoms with van der Waals surface area (Å²) in [5.74, 6) is -0.628. The molecule has 8 heteroatoms. The molecule has 1 aliphatic heterocycles. The van der Waals surface area contributed by atoms with Crippen molar-refractivity contribution >= 4 is 33.0 Å². The molecule has 1 aliphatic rings. The fraction of sp³-hybridized carbons (Fsp3) is 0.500. The molecule has 1 heterocycles. The van der Waals surface area contributed by atoms with Crippen LogP contribution in [0.1, 0.15) is 13.3 Å². The summed E-state index contributed by atoms with van der Waals surface area (Å²) < 4.78 is 36.1. The molecule has 1 aromatic carbocycles. The van der Waals surface area contributed by atoms with E-state index < -0.39 is 21.7 Å². The number of likely N-dealkylation sites (N-methyl/N-ethyl adjacent to an activating group) is 1. The Morgan fingerprint density at radius 1 is 1.50 bits per heavy atom. The van der Waals surface area contributed by atoms with Crippen molar-refractivity contribution in [2.45, 2.75) is 25.4 Å². The molecule has 0 bridgehead atoms. The molecular formula is C14H18ClFN2O3S. The predicted molar refractivity (Wildman–Crippen MR) is 84.3 cm³/mol. The zero-order valence-corrected chi connectivity index (χ0v) is 13.9. The molecule has 1 amide bonds.